The number of hydrogen-bond donors (Lipinski definition) is 3. The van der Waals surface area contributed by atoms with Crippen LogP contribution in [0.1, 0.15) is 50.6 Å². The Morgan fingerprint density at radius 1 is 1.17 bits per heavy atom. The summed E-state index contributed by atoms with van der Waals surface area (Å²) in [6, 6.07) is 6.80. The van der Waals surface area contributed by atoms with E-state index >= 15 is 0 Å². The van der Waals surface area contributed by atoms with Crippen molar-refractivity contribution >= 4 is 50.8 Å². The number of aromatic nitrogens is 1. The third kappa shape index (κ3) is 4.41. The van der Waals surface area contributed by atoms with Gasteiger partial charge in [0.05, 0.1) is 22.9 Å². The number of aromatic amines is 1. The zero-order valence-corrected chi connectivity index (χ0v) is 18.7. The van der Waals surface area contributed by atoms with E-state index in [1.165, 1.54) is 25.7 Å². The molecule has 1 unspecified atom stereocenters. The molecule has 160 valence electrons. The Hall–Kier alpha value is -1.50. The van der Waals surface area contributed by atoms with Crippen molar-refractivity contribution < 1.29 is 4.79 Å². The Kier molecular flexibility index (Phi) is 6.07. The molecular formula is C23H29ClN4OS. The smallest absolute Gasteiger partial charge is 0.138 e. The van der Waals surface area contributed by atoms with E-state index < -0.39 is 0 Å². The molecule has 1 saturated heterocycles. The van der Waals surface area contributed by atoms with Crippen LogP contribution in [-0.4, -0.2) is 46.7 Å². The molecule has 1 aromatic carbocycles. The third-order valence-corrected chi connectivity index (χ3v) is 7.95. The van der Waals surface area contributed by atoms with E-state index in [2.05, 4.69) is 21.7 Å². The molecule has 0 radical (unpaired) electrons. The van der Waals surface area contributed by atoms with Crippen LogP contribution in [0.3, 0.4) is 0 Å². The summed E-state index contributed by atoms with van der Waals surface area (Å²) in [5.74, 6) is 1.49. The number of thioether (sulfide) groups is 1. The fourth-order valence-electron chi connectivity index (χ4n) is 4.94. The largest absolute Gasteiger partial charge is 0.381 e. The number of ketones is 1. The minimum absolute atomic E-state index is 0.0958. The minimum Gasteiger partial charge on any atom is -0.381 e. The van der Waals surface area contributed by atoms with Crippen LogP contribution in [0.5, 0.6) is 0 Å². The Morgan fingerprint density at radius 3 is 2.77 bits per heavy atom. The predicted octanol–water partition coefficient (Wildman–Crippen LogP) is 5.00. The number of hydrogen-bond acceptors (Lipinski definition) is 5. The molecule has 1 aliphatic carbocycles. The zero-order valence-electron chi connectivity index (χ0n) is 17.2. The van der Waals surface area contributed by atoms with Gasteiger partial charge in [0.1, 0.15) is 10.8 Å². The summed E-state index contributed by atoms with van der Waals surface area (Å²) in [5.41, 5.74) is 3.21. The molecular weight excluding hydrogens is 416 g/mol. The topological polar surface area (TPSA) is 69.3 Å². The fourth-order valence-corrected chi connectivity index (χ4v) is 6.20. The summed E-state index contributed by atoms with van der Waals surface area (Å²) >= 11 is 8.15. The number of nitrogens with zero attached hydrogens (tertiary/aromatic N) is 1. The number of aliphatic imine (C=N–C) groups is 1. The van der Waals surface area contributed by atoms with Crippen molar-refractivity contribution in [3.8, 4) is 0 Å². The Morgan fingerprint density at radius 2 is 1.97 bits per heavy atom. The van der Waals surface area contributed by atoms with E-state index in [1.54, 1.807) is 11.8 Å². The van der Waals surface area contributed by atoms with Gasteiger partial charge in [-0.2, -0.15) is 0 Å². The molecule has 1 saturated carbocycles. The first kappa shape index (κ1) is 20.4. The molecule has 3 aliphatic rings. The van der Waals surface area contributed by atoms with E-state index in [0.29, 0.717) is 18.2 Å². The van der Waals surface area contributed by atoms with Gasteiger partial charge in [-0.25, -0.2) is 0 Å². The van der Waals surface area contributed by atoms with Crippen LogP contribution in [0.4, 0.5) is 5.69 Å². The van der Waals surface area contributed by atoms with Crippen molar-refractivity contribution in [2.45, 2.75) is 57.0 Å². The van der Waals surface area contributed by atoms with Gasteiger partial charge >= 0.3 is 0 Å². The lowest BCUT2D eigenvalue weighted by molar-refractivity contribution is -0.123. The molecule has 0 spiro atoms. The van der Waals surface area contributed by atoms with E-state index in [-0.39, 0.29) is 12.0 Å². The summed E-state index contributed by atoms with van der Waals surface area (Å²) in [6.07, 6.45) is 7.53. The second-order valence-electron chi connectivity index (χ2n) is 8.82. The van der Waals surface area contributed by atoms with Crippen molar-refractivity contribution in [2.24, 2.45) is 10.9 Å². The summed E-state index contributed by atoms with van der Waals surface area (Å²) in [6.45, 7) is 1.92. The Labute approximate surface area is 186 Å². The molecule has 1 aromatic heterocycles. The first-order chi connectivity index (χ1) is 14.7. The van der Waals surface area contributed by atoms with Gasteiger partial charge in [0.2, 0.25) is 0 Å². The van der Waals surface area contributed by atoms with Gasteiger partial charge in [0.25, 0.3) is 0 Å². The quantitative estimate of drug-likeness (QED) is 0.586. The second-order valence-corrected chi connectivity index (χ2v) is 10.3. The average molecular weight is 445 g/mol. The van der Waals surface area contributed by atoms with Crippen molar-refractivity contribution in [1.82, 2.24) is 10.3 Å². The monoisotopic (exact) mass is 444 g/mol. The second kappa shape index (κ2) is 8.93. The molecule has 2 aromatic rings. The summed E-state index contributed by atoms with van der Waals surface area (Å²) in [7, 11) is 0. The minimum atomic E-state index is 0.0958. The van der Waals surface area contributed by atoms with Crippen molar-refractivity contribution in [2.75, 3.05) is 24.2 Å². The molecule has 1 atom stereocenters. The molecule has 30 heavy (non-hydrogen) atoms. The zero-order chi connectivity index (χ0) is 20.5. The standard InChI is InChI=1S/C23H29ClN4OS/c24-16-9-15-10-20(28-22(15)19(11-16)26-17-3-1-2-4-17)23-27-18(13-30-23)12-21(29)14-5-7-25-8-6-14/h9-11,14,17-18,25-26,28H,1-8,12-13H2. The van der Waals surface area contributed by atoms with E-state index in [1.807, 2.05) is 12.1 Å². The van der Waals surface area contributed by atoms with E-state index in [9.17, 15) is 4.79 Å². The number of Topliss-reactive ketones (excluding diaryl/α,β-unsaturated/α-hetero) is 1. The first-order valence-corrected chi connectivity index (χ1v) is 12.6. The first-order valence-electron chi connectivity index (χ1n) is 11.2. The lowest BCUT2D eigenvalue weighted by atomic mass is 9.90. The maximum atomic E-state index is 12.6. The Balaban J connectivity index is 1.33. The number of carbonyl (C=O) groups is 1. The summed E-state index contributed by atoms with van der Waals surface area (Å²) in [5, 5.41) is 9.89. The molecule has 5 nitrogen and oxygen atoms in total. The van der Waals surface area contributed by atoms with E-state index in [4.69, 9.17) is 16.6 Å². The molecule has 3 N–H and O–H groups in total. The molecule has 0 bridgehead atoms. The van der Waals surface area contributed by atoms with Crippen molar-refractivity contribution in [1.29, 1.82) is 0 Å². The summed E-state index contributed by atoms with van der Waals surface area (Å²) in [4.78, 5) is 21.1. The maximum Gasteiger partial charge on any atom is 0.138 e. The fraction of sp³-hybridized carbons (Fsp3) is 0.565. The highest BCUT2D eigenvalue weighted by atomic mass is 35.5. The van der Waals surface area contributed by atoms with Crippen LogP contribution < -0.4 is 10.6 Å². The van der Waals surface area contributed by atoms with Crippen molar-refractivity contribution in [3.63, 3.8) is 0 Å². The Bertz CT molecular complexity index is 960. The number of halogens is 1. The number of piperidine rings is 1. The van der Waals surface area contributed by atoms with E-state index in [0.717, 1.165) is 64.0 Å². The number of rotatable bonds is 6. The average Bonchev–Trinajstić information content (AvgIpc) is 3.49. The number of carbonyl (C=O) groups excluding carboxylic acids is 1. The normalized spacial score (nSPS) is 23.2. The van der Waals surface area contributed by atoms with Crippen LogP contribution >= 0.6 is 23.4 Å². The molecule has 3 heterocycles. The maximum absolute atomic E-state index is 12.6. The highest BCUT2D eigenvalue weighted by Crippen LogP contribution is 2.34. The van der Waals surface area contributed by atoms with Gasteiger partial charge in [-0.15, -0.1) is 11.8 Å². The molecule has 2 aliphatic heterocycles. The van der Waals surface area contributed by atoms with Crippen LogP contribution in [0.15, 0.2) is 23.2 Å². The van der Waals surface area contributed by atoms with Gasteiger partial charge in [0, 0.05) is 34.5 Å². The number of H-pyrrole nitrogens is 1. The van der Waals surface area contributed by atoms with Gasteiger partial charge in [-0.1, -0.05) is 24.4 Å². The van der Waals surface area contributed by atoms with Crippen LogP contribution in [0, 0.1) is 5.92 Å². The number of benzene rings is 1. The lowest BCUT2D eigenvalue weighted by Gasteiger charge is -2.21. The van der Waals surface area contributed by atoms with Gasteiger partial charge < -0.3 is 15.6 Å². The van der Waals surface area contributed by atoms with Gasteiger partial charge in [0.15, 0.2) is 0 Å². The molecule has 7 heteroatoms. The molecule has 5 rings (SSSR count). The van der Waals surface area contributed by atoms with Gasteiger partial charge in [-0.05, 0) is 57.0 Å². The SMILES string of the molecule is O=C(CC1CSC(c2cc3cc(Cl)cc(NC4CCCC4)c3[nH]2)=N1)C1CCNCC1. The lowest BCUT2D eigenvalue weighted by Crippen LogP contribution is -2.33. The highest BCUT2D eigenvalue weighted by Gasteiger charge is 2.27. The summed E-state index contributed by atoms with van der Waals surface area (Å²) < 4.78 is 0. The van der Waals surface area contributed by atoms with Gasteiger partial charge in [-0.3, -0.25) is 9.79 Å². The third-order valence-electron chi connectivity index (χ3n) is 6.58. The number of anilines is 1. The predicted molar refractivity (Wildman–Crippen MR) is 127 cm³/mol. The highest BCUT2D eigenvalue weighted by molar-refractivity contribution is 8.14. The molecule has 0 amide bonds. The number of nitrogens with one attached hydrogen (secondary N) is 3. The van der Waals surface area contributed by atoms with Crippen LogP contribution in [0.25, 0.3) is 10.9 Å². The van der Waals surface area contributed by atoms with Crippen LogP contribution in [-0.2, 0) is 4.79 Å². The number of fused-ring (bicyclic) bond motifs is 1. The molecule has 2 fully saturated rings. The van der Waals surface area contributed by atoms with Crippen molar-refractivity contribution in [3.05, 3.63) is 28.9 Å². The van der Waals surface area contributed by atoms with Crippen LogP contribution in [0.2, 0.25) is 5.02 Å².